The standard InChI is InChI=1S/C20H22FN3O5S/c1-29-20(26)15-4-2-6-17(12-15)22-14-19(25)23-8-10-24(11-9-23)30(27,28)18-7-3-5-16(21)13-18/h2-7,12-13,22H,8-11,14H2,1H3. The molecule has 0 saturated carbocycles. The van der Waals surface area contributed by atoms with E-state index in [1.54, 1.807) is 29.2 Å². The number of halogens is 1. The normalized spacial score (nSPS) is 14.9. The van der Waals surface area contributed by atoms with Crippen LogP contribution in [0.2, 0.25) is 0 Å². The number of piperazine rings is 1. The summed E-state index contributed by atoms with van der Waals surface area (Å²) >= 11 is 0. The molecular weight excluding hydrogens is 413 g/mol. The van der Waals surface area contributed by atoms with Crippen LogP contribution in [0.3, 0.4) is 0 Å². The summed E-state index contributed by atoms with van der Waals surface area (Å²) in [6.07, 6.45) is 0. The van der Waals surface area contributed by atoms with Gasteiger partial charge >= 0.3 is 5.97 Å². The highest BCUT2D eigenvalue weighted by atomic mass is 32.2. The van der Waals surface area contributed by atoms with Gasteiger partial charge in [-0.3, -0.25) is 4.79 Å². The summed E-state index contributed by atoms with van der Waals surface area (Å²) in [5.41, 5.74) is 0.963. The molecule has 0 atom stereocenters. The Balaban J connectivity index is 1.55. The average molecular weight is 435 g/mol. The van der Waals surface area contributed by atoms with Crippen molar-refractivity contribution in [1.82, 2.24) is 9.21 Å². The summed E-state index contributed by atoms with van der Waals surface area (Å²) in [5.74, 6) is -1.28. The fourth-order valence-corrected chi connectivity index (χ4v) is 4.57. The Labute approximate surface area is 174 Å². The molecule has 1 amide bonds. The van der Waals surface area contributed by atoms with Crippen LogP contribution >= 0.6 is 0 Å². The number of sulfonamides is 1. The molecule has 160 valence electrons. The summed E-state index contributed by atoms with van der Waals surface area (Å²) < 4.78 is 44.6. The minimum absolute atomic E-state index is 0.00126. The molecule has 2 aromatic rings. The molecule has 1 N–H and O–H groups in total. The van der Waals surface area contributed by atoms with Crippen molar-refractivity contribution in [2.45, 2.75) is 4.90 Å². The first-order chi connectivity index (χ1) is 14.3. The first kappa shape index (κ1) is 21.7. The van der Waals surface area contributed by atoms with Gasteiger partial charge in [-0.2, -0.15) is 4.31 Å². The summed E-state index contributed by atoms with van der Waals surface area (Å²) in [5, 5.41) is 2.96. The van der Waals surface area contributed by atoms with Crippen LogP contribution in [-0.2, 0) is 19.6 Å². The van der Waals surface area contributed by atoms with Gasteiger partial charge in [0.25, 0.3) is 0 Å². The molecule has 10 heteroatoms. The number of nitrogens with one attached hydrogen (secondary N) is 1. The zero-order valence-electron chi connectivity index (χ0n) is 16.4. The van der Waals surface area contributed by atoms with Gasteiger partial charge in [0, 0.05) is 31.9 Å². The Kier molecular flexibility index (Phi) is 6.68. The van der Waals surface area contributed by atoms with Crippen molar-refractivity contribution in [3.63, 3.8) is 0 Å². The molecule has 3 rings (SSSR count). The van der Waals surface area contributed by atoms with E-state index in [1.165, 1.54) is 29.6 Å². The van der Waals surface area contributed by atoms with Crippen molar-refractivity contribution < 1.29 is 27.1 Å². The predicted octanol–water partition coefficient (Wildman–Crippen LogP) is 1.56. The van der Waals surface area contributed by atoms with Gasteiger partial charge in [-0.25, -0.2) is 17.6 Å². The molecule has 1 saturated heterocycles. The third kappa shape index (κ3) is 4.95. The number of ether oxygens (including phenoxy) is 1. The highest BCUT2D eigenvalue weighted by molar-refractivity contribution is 7.89. The number of hydrogen-bond acceptors (Lipinski definition) is 6. The van der Waals surface area contributed by atoms with E-state index >= 15 is 0 Å². The fourth-order valence-electron chi connectivity index (χ4n) is 3.12. The fraction of sp³-hybridized carbons (Fsp3) is 0.300. The molecule has 0 aliphatic carbocycles. The summed E-state index contributed by atoms with van der Waals surface area (Å²) in [7, 11) is -2.52. The minimum Gasteiger partial charge on any atom is -0.465 e. The third-order valence-electron chi connectivity index (χ3n) is 4.75. The number of rotatable bonds is 6. The van der Waals surface area contributed by atoms with Crippen molar-refractivity contribution in [3.8, 4) is 0 Å². The number of benzene rings is 2. The Morgan fingerprint density at radius 3 is 2.43 bits per heavy atom. The third-order valence-corrected chi connectivity index (χ3v) is 6.65. The van der Waals surface area contributed by atoms with Crippen molar-refractivity contribution in [2.75, 3.05) is 45.2 Å². The number of carbonyl (C=O) groups excluding carboxylic acids is 2. The molecular formula is C20H22FN3O5S. The molecule has 0 radical (unpaired) electrons. The van der Waals surface area contributed by atoms with E-state index < -0.39 is 21.8 Å². The highest BCUT2D eigenvalue weighted by Gasteiger charge is 2.30. The maximum Gasteiger partial charge on any atom is 0.337 e. The van der Waals surface area contributed by atoms with E-state index in [4.69, 9.17) is 0 Å². The van der Waals surface area contributed by atoms with E-state index in [9.17, 15) is 22.4 Å². The maximum absolute atomic E-state index is 13.4. The maximum atomic E-state index is 13.4. The zero-order chi connectivity index (χ0) is 21.7. The van der Waals surface area contributed by atoms with Crippen molar-refractivity contribution >= 4 is 27.6 Å². The smallest absolute Gasteiger partial charge is 0.337 e. The lowest BCUT2D eigenvalue weighted by atomic mass is 10.2. The summed E-state index contributed by atoms with van der Waals surface area (Å²) in [4.78, 5) is 25.5. The van der Waals surface area contributed by atoms with Gasteiger partial charge in [0.15, 0.2) is 0 Å². The van der Waals surface area contributed by atoms with Gasteiger partial charge in [-0.15, -0.1) is 0 Å². The number of amides is 1. The largest absolute Gasteiger partial charge is 0.465 e. The molecule has 2 aromatic carbocycles. The number of methoxy groups -OCH3 is 1. The van der Waals surface area contributed by atoms with Crippen molar-refractivity contribution in [1.29, 1.82) is 0 Å². The lowest BCUT2D eigenvalue weighted by molar-refractivity contribution is -0.130. The molecule has 1 aliphatic heterocycles. The van der Waals surface area contributed by atoms with Gasteiger partial charge in [0.1, 0.15) is 5.82 Å². The molecule has 1 fully saturated rings. The van der Waals surface area contributed by atoms with Crippen LogP contribution in [-0.4, -0.2) is 69.3 Å². The molecule has 1 heterocycles. The number of hydrogen-bond donors (Lipinski definition) is 1. The van der Waals surface area contributed by atoms with E-state index in [0.29, 0.717) is 11.3 Å². The molecule has 1 aliphatic rings. The van der Waals surface area contributed by atoms with Crippen LogP contribution in [0.4, 0.5) is 10.1 Å². The molecule has 0 bridgehead atoms. The number of carbonyl (C=O) groups is 2. The van der Waals surface area contributed by atoms with Crippen LogP contribution in [0.15, 0.2) is 53.4 Å². The topological polar surface area (TPSA) is 96.0 Å². The summed E-state index contributed by atoms with van der Waals surface area (Å²) in [6, 6.07) is 11.5. The molecule has 0 spiro atoms. The monoisotopic (exact) mass is 435 g/mol. The average Bonchev–Trinajstić information content (AvgIpc) is 2.77. The number of anilines is 1. The zero-order valence-corrected chi connectivity index (χ0v) is 17.2. The molecule has 8 nitrogen and oxygen atoms in total. The van der Waals surface area contributed by atoms with Gasteiger partial charge in [0.05, 0.1) is 24.1 Å². The van der Waals surface area contributed by atoms with Crippen LogP contribution in [0.5, 0.6) is 0 Å². The van der Waals surface area contributed by atoms with E-state index in [2.05, 4.69) is 10.1 Å². The minimum atomic E-state index is -3.81. The van der Waals surface area contributed by atoms with Crippen LogP contribution in [0.25, 0.3) is 0 Å². The Morgan fingerprint density at radius 2 is 1.77 bits per heavy atom. The first-order valence-electron chi connectivity index (χ1n) is 9.27. The SMILES string of the molecule is COC(=O)c1cccc(NCC(=O)N2CCN(S(=O)(=O)c3cccc(F)c3)CC2)c1. The first-order valence-corrected chi connectivity index (χ1v) is 10.7. The second-order valence-electron chi connectivity index (χ2n) is 6.67. The number of nitrogens with zero attached hydrogens (tertiary/aromatic N) is 2. The molecule has 0 unspecified atom stereocenters. The van der Waals surface area contributed by atoms with E-state index in [0.717, 1.165) is 6.07 Å². The van der Waals surface area contributed by atoms with Gasteiger partial charge < -0.3 is 15.0 Å². The van der Waals surface area contributed by atoms with E-state index in [1.807, 2.05) is 0 Å². The van der Waals surface area contributed by atoms with Crippen LogP contribution < -0.4 is 5.32 Å². The van der Waals surface area contributed by atoms with Gasteiger partial charge in [-0.05, 0) is 36.4 Å². The lowest BCUT2D eigenvalue weighted by Gasteiger charge is -2.34. The van der Waals surface area contributed by atoms with Crippen molar-refractivity contribution in [2.24, 2.45) is 0 Å². The quantitative estimate of drug-likeness (QED) is 0.692. The van der Waals surface area contributed by atoms with Crippen LogP contribution in [0.1, 0.15) is 10.4 Å². The Hall–Kier alpha value is -2.98. The highest BCUT2D eigenvalue weighted by Crippen LogP contribution is 2.19. The Bertz CT molecular complexity index is 1040. The van der Waals surface area contributed by atoms with E-state index in [-0.39, 0.29) is 43.5 Å². The summed E-state index contributed by atoms with van der Waals surface area (Å²) in [6.45, 7) is 0.723. The second-order valence-corrected chi connectivity index (χ2v) is 8.61. The van der Waals surface area contributed by atoms with Gasteiger partial charge in [0.2, 0.25) is 15.9 Å². The van der Waals surface area contributed by atoms with Crippen molar-refractivity contribution in [3.05, 3.63) is 59.9 Å². The predicted molar refractivity (Wildman–Crippen MR) is 108 cm³/mol. The molecule has 30 heavy (non-hydrogen) atoms. The van der Waals surface area contributed by atoms with Crippen LogP contribution in [0, 0.1) is 5.82 Å². The lowest BCUT2D eigenvalue weighted by Crippen LogP contribution is -2.51. The Morgan fingerprint density at radius 1 is 1.07 bits per heavy atom. The van der Waals surface area contributed by atoms with Gasteiger partial charge in [-0.1, -0.05) is 12.1 Å². The molecule has 0 aromatic heterocycles. The number of esters is 1. The second kappa shape index (κ2) is 9.23.